The SMILES string of the molecule is NC(C(=O)O)c1ccc(CCC2(O)CC2)cc1. The molecule has 92 valence electrons. The topological polar surface area (TPSA) is 83.6 Å². The Balaban J connectivity index is 1.95. The summed E-state index contributed by atoms with van der Waals surface area (Å²) in [6.45, 7) is 0. The third kappa shape index (κ3) is 3.05. The highest BCUT2D eigenvalue weighted by Crippen LogP contribution is 2.39. The summed E-state index contributed by atoms with van der Waals surface area (Å²) in [6, 6.07) is 6.28. The summed E-state index contributed by atoms with van der Waals surface area (Å²) < 4.78 is 0. The molecule has 4 heteroatoms. The van der Waals surface area contributed by atoms with Crippen LogP contribution in [0.2, 0.25) is 0 Å². The average molecular weight is 235 g/mol. The summed E-state index contributed by atoms with van der Waals surface area (Å²) in [5.41, 5.74) is 6.77. The Morgan fingerprint density at radius 2 is 1.94 bits per heavy atom. The molecule has 0 amide bonds. The minimum absolute atomic E-state index is 0.434. The van der Waals surface area contributed by atoms with E-state index in [4.69, 9.17) is 10.8 Å². The van der Waals surface area contributed by atoms with E-state index in [2.05, 4.69) is 0 Å². The first-order valence-corrected chi connectivity index (χ1v) is 5.80. The Morgan fingerprint density at radius 1 is 1.35 bits per heavy atom. The molecular weight excluding hydrogens is 218 g/mol. The van der Waals surface area contributed by atoms with E-state index in [1.807, 2.05) is 12.1 Å². The van der Waals surface area contributed by atoms with Crippen LogP contribution in [0.5, 0.6) is 0 Å². The maximum atomic E-state index is 10.7. The molecule has 0 heterocycles. The van der Waals surface area contributed by atoms with Gasteiger partial charge in [0.2, 0.25) is 0 Å². The van der Waals surface area contributed by atoms with Crippen molar-refractivity contribution < 1.29 is 15.0 Å². The van der Waals surface area contributed by atoms with Crippen molar-refractivity contribution >= 4 is 5.97 Å². The first-order valence-electron chi connectivity index (χ1n) is 5.80. The van der Waals surface area contributed by atoms with Crippen LogP contribution < -0.4 is 5.73 Å². The van der Waals surface area contributed by atoms with Gasteiger partial charge in [0.15, 0.2) is 0 Å². The number of hydrogen-bond donors (Lipinski definition) is 3. The lowest BCUT2D eigenvalue weighted by Crippen LogP contribution is -2.20. The Labute approximate surface area is 100 Å². The van der Waals surface area contributed by atoms with E-state index in [1.54, 1.807) is 12.1 Å². The highest BCUT2D eigenvalue weighted by Gasteiger charge is 2.39. The number of carbonyl (C=O) groups is 1. The third-order valence-electron chi connectivity index (χ3n) is 3.31. The fourth-order valence-corrected chi connectivity index (χ4v) is 1.81. The monoisotopic (exact) mass is 235 g/mol. The van der Waals surface area contributed by atoms with Crippen LogP contribution in [0.3, 0.4) is 0 Å². The van der Waals surface area contributed by atoms with E-state index in [0.717, 1.165) is 31.2 Å². The van der Waals surface area contributed by atoms with Gasteiger partial charge in [0, 0.05) is 0 Å². The van der Waals surface area contributed by atoms with Gasteiger partial charge in [-0.25, -0.2) is 0 Å². The number of hydrogen-bond acceptors (Lipinski definition) is 3. The van der Waals surface area contributed by atoms with E-state index >= 15 is 0 Å². The van der Waals surface area contributed by atoms with Crippen molar-refractivity contribution in [3.8, 4) is 0 Å². The van der Waals surface area contributed by atoms with Crippen molar-refractivity contribution in [1.29, 1.82) is 0 Å². The number of nitrogens with two attached hydrogens (primary N) is 1. The van der Waals surface area contributed by atoms with Gasteiger partial charge in [0.1, 0.15) is 6.04 Å². The fourth-order valence-electron chi connectivity index (χ4n) is 1.81. The number of rotatable bonds is 5. The normalized spacial score (nSPS) is 18.7. The molecule has 1 atom stereocenters. The van der Waals surface area contributed by atoms with Gasteiger partial charge in [-0.2, -0.15) is 0 Å². The summed E-state index contributed by atoms with van der Waals surface area (Å²) >= 11 is 0. The lowest BCUT2D eigenvalue weighted by Gasteiger charge is -2.09. The predicted molar refractivity (Wildman–Crippen MR) is 63.5 cm³/mol. The van der Waals surface area contributed by atoms with Crippen molar-refractivity contribution in [2.45, 2.75) is 37.3 Å². The molecule has 1 aliphatic rings. The van der Waals surface area contributed by atoms with Crippen LogP contribution in [0.1, 0.15) is 36.4 Å². The summed E-state index contributed by atoms with van der Waals surface area (Å²) in [5.74, 6) is -1.02. The van der Waals surface area contributed by atoms with Gasteiger partial charge in [0.25, 0.3) is 0 Å². The van der Waals surface area contributed by atoms with Crippen molar-refractivity contribution in [1.82, 2.24) is 0 Å². The maximum Gasteiger partial charge on any atom is 0.325 e. The molecule has 17 heavy (non-hydrogen) atoms. The van der Waals surface area contributed by atoms with Crippen molar-refractivity contribution in [3.63, 3.8) is 0 Å². The summed E-state index contributed by atoms with van der Waals surface area (Å²) in [6.07, 6.45) is 3.39. The second kappa shape index (κ2) is 4.47. The van der Waals surface area contributed by atoms with Gasteiger partial charge in [-0.3, -0.25) is 4.79 Å². The molecule has 0 saturated heterocycles. The Kier molecular flexibility index (Phi) is 3.17. The first kappa shape index (κ1) is 12.1. The average Bonchev–Trinajstić information content (AvgIpc) is 3.05. The smallest absolute Gasteiger partial charge is 0.325 e. The van der Waals surface area contributed by atoms with Crippen molar-refractivity contribution in [3.05, 3.63) is 35.4 Å². The van der Waals surface area contributed by atoms with Gasteiger partial charge in [0.05, 0.1) is 5.60 Å². The van der Waals surface area contributed by atoms with Gasteiger partial charge in [-0.05, 0) is 36.8 Å². The molecule has 1 unspecified atom stereocenters. The fraction of sp³-hybridized carbons (Fsp3) is 0.462. The van der Waals surface area contributed by atoms with Gasteiger partial charge < -0.3 is 15.9 Å². The molecular formula is C13H17NO3. The second-order valence-corrected chi connectivity index (χ2v) is 4.78. The van der Waals surface area contributed by atoms with E-state index in [0.29, 0.717) is 5.56 Å². The van der Waals surface area contributed by atoms with Crippen LogP contribution in [0.4, 0.5) is 0 Å². The predicted octanol–water partition coefficient (Wildman–Crippen LogP) is 1.23. The number of aryl methyl sites for hydroxylation is 1. The van der Waals surface area contributed by atoms with Crippen LogP contribution >= 0.6 is 0 Å². The first-order chi connectivity index (χ1) is 8.00. The zero-order chi connectivity index (χ0) is 12.5. The van der Waals surface area contributed by atoms with Crippen LogP contribution in [0.25, 0.3) is 0 Å². The molecule has 2 rings (SSSR count). The number of benzene rings is 1. The Bertz CT molecular complexity index is 409. The standard InChI is InChI=1S/C13H17NO3/c14-11(12(15)16)10-3-1-9(2-4-10)5-6-13(17)7-8-13/h1-4,11,17H,5-8,14H2,(H,15,16). The molecule has 0 aromatic heterocycles. The number of carboxylic acid groups (broad SMARTS) is 1. The zero-order valence-electron chi connectivity index (χ0n) is 9.60. The van der Waals surface area contributed by atoms with Gasteiger partial charge in [-0.1, -0.05) is 24.3 Å². The number of carboxylic acids is 1. The highest BCUT2D eigenvalue weighted by molar-refractivity contribution is 5.75. The largest absolute Gasteiger partial charge is 0.480 e. The third-order valence-corrected chi connectivity index (χ3v) is 3.31. The number of aliphatic carboxylic acids is 1. The summed E-state index contributed by atoms with van der Waals surface area (Å²) in [7, 11) is 0. The second-order valence-electron chi connectivity index (χ2n) is 4.78. The van der Waals surface area contributed by atoms with Crippen molar-refractivity contribution in [2.75, 3.05) is 0 Å². The minimum atomic E-state index is -1.02. The molecule has 0 spiro atoms. The maximum absolute atomic E-state index is 10.7. The Morgan fingerprint density at radius 3 is 2.41 bits per heavy atom. The molecule has 4 nitrogen and oxygen atoms in total. The van der Waals surface area contributed by atoms with Crippen molar-refractivity contribution in [2.24, 2.45) is 5.73 Å². The van der Waals surface area contributed by atoms with Gasteiger partial charge in [-0.15, -0.1) is 0 Å². The molecule has 4 N–H and O–H groups in total. The van der Waals surface area contributed by atoms with E-state index in [9.17, 15) is 9.90 Å². The lowest BCUT2D eigenvalue weighted by molar-refractivity contribution is -0.138. The minimum Gasteiger partial charge on any atom is -0.480 e. The molecule has 0 bridgehead atoms. The molecule has 1 fully saturated rings. The zero-order valence-corrected chi connectivity index (χ0v) is 9.60. The van der Waals surface area contributed by atoms with Crippen LogP contribution in [0, 0.1) is 0 Å². The molecule has 1 aromatic carbocycles. The van der Waals surface area contributed by atoms with Crippen LogP contribution in [0.15, 0.2) is 24.3 Å². The molecule has 1 saturated carbocycles. The van der Waals surface area contributed by atoms with E-state index < -0.39 is 17.6 Å². The Hall–Kier alpha value is -1.39. The highest BCUT2D eigenvalue weighted by atomic mass is 16.4. The van der Waals surface area contributed by atoms with E-state index in [1.165, 1.54) is 0 Å². The molecule has 1 aromatic rings. The molecule has 0 aliphatic heterocycles. The quantitative estimate of drug-likeness (QED) is 0.716. The lowest BCUT2D eigenvalue weighted by atomic mass is 10.0. The summed E-state index contributed by atoms with van der Waals surface area (Å²) in [4.78, 5) is 10.7. The molecule has 0 radical (unpaired) electrons. The van der Waals surface area contributed by atoms with Crippen LogP contribution in [-0.4, -0.2) is 21.8 Å². The van der Waals surface area contributed by atoms with E-state index in [-0.39, 0.29) is 0 Å². The number of aliphatic hydroxyl groups is 1. The van der Waals surface area contributed by atoms with Crippen LogP contribution in [-0.2, 0) is 11.2 Å². The molecule has 1 aliphatic carbocycles. The summed E-state index contributed by atoms with van der Waals surface area (Å²) in [5, 5.41) is 18.5. The van der Waals surface area contributed by atoms with Gasteiger partial charge >= 0.3 is 5.97 Å².